The molecule has 0 fully saturated rings. The van der Waals surface area contributed by atoms with Gasteiger partial charge in [-0.2, -0.15) is 0 Å². The van der Waals surface area contributed by atoms with E-state index in [2.05, 4.69) is 15.0 Å². The molecule has 1 aromatic carbocycles. The van der Waals surface area contributed by atoms with Crippen LogP contribution in [0.25, 0.3) is 22.6 Å². The highest BCUT2D eigenvalue weighted by Gasteiger charge is 2.11. The summed E-state index contributed by atoms with van der Waals surface area (Å²) in [5.74, 6) is 0.253. The molecule has 2 heterocycles. The molecule has 2 aromatic heterocycles. The van der Waals surface area contributed by atoms with Gasteiger partial charge in [0.05, 0.1) is 11.4 Å². The van der Waals surface area contributed by atoms with Gasteiger partial charge in [0.1, 0.15) is 17.2 Å². The minimum atomic E-state index is -0.00277. The molecule has 0 aliphatic rings. The Bertz CT molecular complexity index is 805. The van der Waals surface area contributed by atoms with Crippen LogP contribution in [0.15, 0.2) is 48.7 Å². The van der Waals surface area contributed by atoms with Crippen molar-refractivity contribution in [2.45, 2.75) is 0 Å². The first-order valence-electron chi connectivity index (χ1n) is 6.22. The lowest BCUT2D eigenvalue weighted by molar-refractivity contribution is 0.475. The Morgan fingerprint density at radius 1 is 0.905 bits per heavy atom. The Labute approximate surface area is 120 Å². The van der Waals surface area contributed by atoms with E-state index in [0.717, 1.165) is 5.56 Å². The Morgan fingerprint density at radius 2 is 1.76 bits per heavy atom. The third-order valence-electron chi connectivity index (χ3n) is 2.93. The number of anilines is 1. The van der Waals surface area contributed by atoms with E-state index in [1.165, 1.54) is 12.3 Å². The second-order valence-corrected chi connectivity index (χ2v) is 4.41. The molecule has 0 radical (unpaired) electrons. The van der Waals surface area contributed by atoms with Crippen LogP contribution in [-0.4, -0.2) is 25.2 Å². The standard InChI is InChI=1S/C15H12N4O2/c16-15-17-7-6-12(19-15)14-13(21)5-4-11(18-14)9-2-1-3-10(20)8-9/h1-8,20-21H,(H2,16,17,19). The molecule has 0 aliphatic carbocycles. The molecule has 3 aromatic rings. The number of rotatable bonds is 2. The minimum Gasteiger partial charge on any atom is -0.508 e. The fourth-order valence-corrected chi connectivity index (χ4v) is 1.97. The van der Waals surface area contributed by atoms with E-state index >= 15 is 0 Å². The molecule has 0 saturated heterocycles. The molecule has 0 bridgehead atoms. The van der Waals surface area contributed by atoms with Crippen molar-refractivity contribution in [3.05, 3.63) is 48.7 Å². The summed E-state index contributed by atoms with van der Waals surface area (Å²) in [6, 6.07) is 11.5. The average Bonchev–Trinajstić information content (AvgIpc) is 2.47. The fourth-order valence-electron chi connectivity index (χ4n) is 1.97. The van der Waals surface area contributed by atoms with E-state index in [1.54, 1.807) is 30.3 Å². The second kappa shape index (κ2) is 5.09. The van der Waals surface area contributed by atoms with Gasteiger partial charge < -0.3 is 15.9 Å². The molecule has 0 atom stereocenters. The predicted molar refractivity (Wildman–Crippen MR) is 78.4 cm³/mol. The lowest BCUT2D eigenvalue weighted by Gasteiger charge is -2.07. The SMILES string of the molecule is Nc1nccc(-c2nc(-c3cccc(O)c3)ccc2O)n1. The molecule has 0 spiro atoms. The summed E-state index contributed by atoms with van der Waals surface area (Å²) in [5.41, 5.74) is 7.63. The summed E-state index contributed by atoms with van der Waals surface area (Å²) >= 11 is 0. The Hall–Kier alpha value is -3.15. The number of nitrogens with zero attached hydrogens (tertiary/aromatic N) is 3. The number of phenolic OH excluding ortho intramolecular Hbond substituents is 1. The maximum atomic E-state index is 9.97. The zero-order chi connectivity index (χ0) is 14.8. The predicted octanol–water partition coefficient (Wildman–Crippen LogP) is 2.20. The quantitative estimate of drug-likeness (QED) is 0.664. The molecule has 0 aliphatic heterocycles. The lowest BCUT2D eigenvalue weighted by atomic mass is 10.1. The zero-order valence-corrected chi connectivity index (χ0v) is 10.9. The minimum absolute atomic E-state index is 0.00277. The summed E-state index contributed by atoms with van der Waals surface area (Å²) in [6.07, 6.45) is 1.50. The van der Waals surface area contributed by atoms with Crippen molar-refractivity contribution in [1.82, 2.24) is 15.0 Å². The Kier molecular flexibility index (Phi) is 3.12. The number of aromatic hydroxyl groups is 2. The normalized spacial score (nSPS) is 10.5. The van der Waals surface area contributed by atoms with Crippen LogP contribution in [-0.2, 0) is 0 Å². The first kappa shape index (κ1) is 12.9. The number of nitrogens with two attached hydrogens (primary N) is 1. The third kappa shape index (κ3) is 2.59. The van der Waals surface area contributed by atoms with E-state index in [9.17, 15) is 10.2 Å². The van der Waals surface area contributed by atoms with Crippen LogP contribution in [0.2, 0.25) is 0 Å². The van der Waals surface area contributed by atoms with Crippen molar-refractivity contribution >= 4 is 5.95 Å². The van der Waals surface area contributed by atoms with Crippen LogP contribution in [0.1, 0.15) is 0 Å². The summed E-state index contributed by atoms with van der Waals surface area (Å²) < 4.78 is 0. The molecule has 0 amide bonds. The number of phenols is 1. The largest absolute Gasteiger partial charge is 0.508 e. The Morgan fingerprint density at radius 3 is 2.52 bits per heavy atom. The summed E-state index contributed by atoms with van der Waals surface area (Å²) in [6.45, 7) is 0. The van der Waals surface area contributed by atoms with Gasteiger partial charge in [-0.05, 0) is 30.3 Å². The molecule has 0 unspecified atom stereocenters. The number of pyridine rings is 1. The van der Waals surface area contributed by atoms with Gasteiger partial charge in [-0.1, -0.05) is 12.1 Å². The molecule has 6 heteroatoms. The van der Waals surface area contributed by atoms with Gasteiger partial charge in [-0.3, -0.25) is 0 Å². The highest BCUT2D eigenvalue weighted by molar-refractivity contribution is 5.69. The maximum absolute atomic E-state index is 9.97. The Balaban J connectivity index is 2.12. The number of nitrogen functional groups attached to an aromatic ring is 1. The van der Waals surface area contributed by atoms with Gasteiger partial charge >= 0.3 is 0 Å². The van der Waals surface area contributed by atoms with Crippen LogP contribution in [0.3, 0.4) is 0 Å². The van der Waals surface area contributed by atoms with Crippen LogP contribution in [0.5, 0.6) is 11.5 Å². The van der Waals surface area contributed by atoms with Crippen molar-refractivity contribution in [3.63, 3.8) is 0 Å². The highest BCUT2D eigenvalue weighted by Crippen LogP contribution is 2.30. The molecule has 21 heavy (non-hydrogen) atoms. The van der Waals surface area contributed by atoms with E-state index in [-0.39, 0.29) is 17.4 Å². The molecule has 0 saturated carbocycles. The number of hydrogen-bond donors (Lipinski definition) is 3. The van der Waals surface area contributed by atoms with Gasteiger partial charge in [0.25, 0.3) is 0 Å². The molecule has 104 valence electrons. The number of benzene rings is 1. The smallest absolute Gasteiger partial charge is 0.220 e. The molecule has 6 nitrogen and oxygen atoms in total. The van der Waals surface area contributed by atoms with E-state index < -0.39 is 0 Å². The third-order valence-corrected chi connectivity index (χ3v) is 2.93. The van der Waals surface area contributed by atoms with Gasteiger partial charge in [-0.15, -0.1) is 0 Å². The van der Waals surface area contributed by atoms with Gasteiger partial charge in [-0.25, -0.2) is 15.0 Å². The molecule has 3 rings (SSSR count). The second-order valence-electron chi connectivity index (χ2n) is 4.41. The molecular weight excluding hydrogens is 268 g/mol. The highest BCUT2D eigenvalue weighted by atomic mass is 16.3. The first-order chi connectivity index (χ1) is 10.1. The lowest BCUT2D eigenvalue weighted by Crippen LogP contribution is -1.97. The van der Waals surface area contributed by atoms with Crippen molar-refractivity contribution in [1.29, 1.82) is 0 Å². The summed E-state index contributed by atoms with van der Waals surface area (Å²) in [7, 11) is 0. The summed E-state index contributed by atoms with van der Waals surface area (Å²) in [5, 5.41) is 19.5. The van der Waals surface area contributed by atoms with Crippen molar-refractivity contribution < 1.29 is 10.2 Å². The first-order valence-corrected chi connectivity index (χ1v) is 6.22. The van der Waals surface area contributed by atoms with Crippen molar-refractivity contribution in [2.24, 2.45) is 0 Å². The van der Waals surface area contributed by atoms with Crippen LogP contribution >= 0.6 is 0 Å². The average molecular weight is 280 g/mol. The topological polar surface area (TPSA) is 105 Å². The number of hydrogen-bond acceptors (Lipinski definition) is 6. The van der Waals surface area contributed by atoms with E-state index in [0.29, 0.717) is 17.1 Å². The zero-order valence-electron chi connectivity index (χ0n) is 10.9. The van der Waals surface area contributed by atoms with E-state index in [4.69, 9.17) is 5.73 Å². The summed E-state index contributed by atoms with van der Waals surface area (Å²) in [4.78, 5) is 12.3. The van der Waals surface area contributed by atoms with Crippen molar-refractivity contribution in [2.75, 3.05) is 5.73 Å². The van der Waals surface area contributed by atoms with E-state index in [1.807, 2.05) is 6.07 Å². The van der Waals surface area contributed by atoms with Crippen molar-refractivity contribution in [3.8, 4) is 34.1 Å². The molecular formula is C15H12N4O2. The van der Waals surface area contributed by atoms with Gasteiger partial charge in [0.15, 0.2) is 0 Å². The van der Waals surface area contributed by atoms with Gasteiger partial charge in [0.2, 0.25) is 5.95 Å². The van der Waals surface area contributed by atoms with Crippen LogP contribution in [0, 0.1) is 0 Å². The monoisotopic (exact) mass is 280 g/mol. The van der Waals surface area contributed by atoms with Crippen LogP contribution in [0.4, 0.5) is 5.95 Å². The van der Waals surface area contributed by atoms with Crippen LogP contribution < -0.4 is 5.73 Å². The fraction of sp³-hybridized carbons (Fsp3) is 0. The van der Waals surface area contributed by atoms with Gasteiger partial charge in [0, 0.05) is 11.8 Å². The molecule has 4 N–H and O–H groups in total. The maximum Gasteiger partial charge on any atom is 0.220 e. The number of aromatic nitrogens is 3.